The Hall–Kier alpha value is 1.73. The van der Waals surface area contributed by atoms with Gasteiger partial charge >= 0.3 is 29.6 Å². The van der Waals surface area contributed by atoms with Gasteiger partial charge in [-0.05, 0) is 0 Å². The standard InChI is InChI=1S/BrH.ClH.H3N.Na/h2*1H;1H3;/q;;;+1/p-1. The zero-order valence-corrected chi connectivity index (χ0v) is 7.10. The molecule has 0 atom stereocenters. The molecule has 0 aromatic heterocycles. The van der Waals surface area contributed by atoms with Crippen molar-refractivity contribution in [2.24, 2.45) is 0 Å². The third-order valence-electron chi connectivity index (χ3n) is 0. The Morgan fingerprint density at radius 3 is 1.00 bits per heavy atom. The molecule has 0 aliphatic rings. The third-order valence-corrected chi connectivity index (χ3v) is 0. The van der Waals surface area contributed by atoms with E-state index in [4.69, 9.17) is 0 Å². The number of hydrogen-bond donors (Lipinski definition) is 1. The molecule has 0 aliphatic heterocycles. The van der Waals surface area contributed by atoms with Crippen LogP contribution in [0.3, 0.4) is 0 Å². The van der Waals surface area contributed by atoms with Gasteiger partial charge in [-0.1, -0.05) is 0 Å². The molecule has 4 heteroatoms. The first-order valence-corrected chi connectivity index (χ1v) is 0. The third kappa shape index (κ3) is 9.29. The molecule has 0 aliphatic carbocycles. The van der Waals surface area contributed by atoms with E-state index in [2.05, 4.69) is 0 Å². The van der Waals surface area contributed by atoms with Gasteiger partial charge in [0.15, 0.2) is 0 Å². The van der Waals surface area contributed by atoms with Gasteiger partial charge in [-0.2, -0.15) is 0 Å². The van der Waals surface area contributed by atoms with Crippen LogP contribution in [0, 0.1) is 0 Å². The van der Waals surface area contributed by atoms with Gasteiger partial charge in [-0.25, -0.2) is 0 Å². The number of halogens is 2. The minimum atomic E-state index is 0. The first kappa shape index (κ1) is 42.8. The molecular formula is H4BrClNNa. The predicted octanol–water partition coefficient (Wildman–Crippen LogP) is -8.61. The quantitative estimate of drug-likeness (QED) is 0.338. The summed E-state index contributed by atoms with van der Waals surface area (Å²) in [6, 6.07) is 0. The monoisotopic (exact) mass is 155 g/mol. The Labute approximate surface area is 64.6 Å². The van der Waals surface area contributed by atoms with Gasteiger partial charge in [-0.3, -0.25) is 0 Å². The van der Waals surface area contributed by atoms with Gasteiger partial charge in [0.25, 0.3) is 0 Å². The minimum absolute atomic E-state index is 0. The summed E-state index contributed by atoms with van der Waals surface area (Å²) < 4.78 is 0. The fourth-order valence-corrected chi connectivity index (χ4v) is 0. The average Bonchev–Trinajstić information content (AvgIpc) is 0. The van der Waals surface area contributed by atoms with Crippen LogP contribution in [0.15, 0.2) is 0 Å². The van der Waals surface area contributed by atoms with Crippen LogP contribution in [0.5, 0.6) is 0 Å². The number of rotatable bonds is 0. The molecule has 0 unspecified atom stereocenters. The van der Waals surface area contributed by atoms with Crippen molar-refractivity contribution < 1.29 is 58.9 Å². The van der Waals surface area contributed by atoms with Gasteiger partial charge in [0.05, 0.1) is 0 Å². The van der Waals surface area contributed by atoms with Crippen molar-refractivity contribution in [2.45, 2.75) is 0 Å². The van der Waals surface area contributed by atoms with E-state index in [-0.39, 0.29) is 65.1 Å². The van der Waals surface area contributed by atoms with Crippen molar-refractivity contribution in [2.75, 3.05) is 0 Å². The molecule has 0 bridgehead atoms. The smallest absolute Gasteiger partial charge is 1.00 e. The largest absolute Gasteiger partial charge is 1.00 e. The van der Waals surface area contributed by atoms with Crippen LogP contribution in [0.25, 0.3) is 0 Å². The molecule has 0 heterocycles. The van der Waals surface area contributed by atoms with Crippen LogP contribution >= 0.6 is 0 Å². The summed E-state index contributed by atoms with van der Waals surface area (Å²) in [6.45, 7) is 0. The topological polar surface area (TPSA) is 36.5 Å². The van der Waals surface area contributed by atoms with Crippen LogP contribution < -0.4 is 65.1 Å². The zero-order chi connectivity index (χ0) is 0. The maximum Gasteiger partial charge on any atom is 1.00 e. The van der Waals surface area contributed by atoms with Crippen molar-refractivity contribution in [1.82, 2.24) is 6.15 Å². The first-order chi connectivity index (χ1) is 0. The van der Waals surface area contributed by atoms with E-state index in [1.807, 2.05) is 0 Å². The first-order valence-electron chi connectivity index (χ1n) is 0. The fourth-order valence-electron chi connectivity index (χ4n) is 0. The minimum Gasteiger partial charge on any atom is -1.00 e. The molecule has 0 saturated carbocycles. The molecular weight excluding hydrogens is 152 g/mol. The Bertz CT molecular complexity index is 8.00. The number of quaternary nitrogens is 1. The average molecular weight is 156 g/mol. The summed E-state index contributed by atoms with van der Waals surface area (Å²) in [7, 11) is 0. The van der Waals surface area contributed by atoms with Gasteiger partial charge in [0.2, 0.25) is 0 Å². The molecule has 0 saturated heterocycles. The van der Waals surface area contributed by atoms with Crippen molar-refractivity contribution in [1.29, 1.82) is 0 Å². The van der Waals surface area contributed by atoms with E-state index in [9.17, 15) is 0 Å². The van der Waals surface area contributed by atoms with E-state index < -0.39 is 0 Å². The van der Waals surface area contributed by atoms with Gasteiger partial charge in [-0.15, -0.1) is 0 Å². The normalized spacial score (nSPS) is 0. The summed E-state index contributed by atoms with van der Waals surface area (Å²) in [6.07, 6.45) is 0. The molecule has 0 amide bonds. The van der Waals surface area contributed by atoms with E-state index in [0.29, 0.717) is 0 Å². The van der Waals surface area contributed by atoms with Crippen LogP contribution in [-0.2, 0) is 0 Å². The molecule has 0 spiro atoms. The van der Waals surface area contributed by atoms with Crippen molar-refractivity contribution >= 4 is 0 Å². The Morgan fingerprint density at radius 2 is 1.00 bits per heavy atom. The Kier molecular flexibility index (Phi) is 235. The van der Waals surface area contributed by atoms with Crippen LogP contribution in [0.4, 0.5) is 0 Å². The molecule has 0 radical (unpaired) electrons. The predicted molar refractivity (Wildman–Crippen MR) is 5.98 cm³/mol. The van der Waals surface area contributed by atoms with Gasteiger partial charge < -0.3 is 35.5 Å². The van der Waals surface area contributed by atoms with Gasteiger partial charge in [0, 0.05) is 0 Å². The SMILES string of the molecule is [Br-].[Cl-].[NH4+].[Na+]. The van der Waals surface area contributed by atoms with E-state index in [1.165, 1.54) is 0 Å². The summed E-state index contributed by atoms with van der Waals surface area (Å²) in [4.78, 5) is 0. The van der Waals surface area contributed by atoms with E-state index in [1.54, 1.807) is 0 Å². The van der Waals surface area contributed by atoms with Crippen LogP contribution in [-0.4, -0.2) is 0 Å². The maximum atomic E-state index is 0. The fraction of sp³-hybridized carbons (Fsp3) is 0. The molecule has 0 aromatic carbocycles. The van der Waals surface area contributed by atoms with E-state index >= 15 is 0 Å². The van der Waals surface area contributed by atoms with Crippen molar-refractivity contribution in [3.05, 3.63) is 0 Å². The van der Waals surface area contributed by atoms with Gasteiger partial charge in [0.1, 0.15) is 0 Å². The molecule has 0 aromatic rings. The maximum absolute atomic E-state index is 0. The summed E-state index contributed by atoms with van der Waals surface area (Å²) in [5.41, 5.74) is 0. The summed E-state index contributed by atoms with van der Waals surface area (Å²) in [5.74, 6) is 0. The Morgan fingerprint density at radius 1 is 1.00 bits per heavy atom. The second kappa shape index (κ2) is 22.0. The molecule has 0 rings (SSSR count). The molecule has 4 heavy (non-hydrogen) atoms. The van der Waals surface area contributed by atoms with Crippen LogP contribution in [0.2, 0.25) is 0 Å². The second-order valence-corrected chi connectivity index (χ2v) is 0. The summed E-state index contributed by atoms with van der Waals surface area (Å²) in [5, 5.41) is 0. The summed E-state index contributed by atoms with van der Waals surface area (Å²) >= 11 is 0. The second-order valence-electron chi connectivity index (χ2n) is 0. The van der Waals surface area contributed by atoms with Crippen LogP contribution in [0.1, 0.15) is 0 Å². The van der Waals surface area contributed by atoms with Crippen molar-refractivity contribution in [3.63, 3.8) is 0 Å². The van der Waals surface area contributed by atoms with Crippen molar-refractivity contribution in [3.8, 4) is 0 Å². The molecule has 1 nitrogen and oxygen atoms in total. The molecule has 0 fully saturated rings. The van der Waals surface area contributed by atoms with E-state index in [0.717, 1.165) is 0 Å². The molecule has 24 valence electrons. The zero-order valence-electron chi connectivity index (χ0n) is 2.76. The molecule has 4 N–H and O–H groups in total. The number of hydrogen-bond acceptors (Lipinski definition) is 0. The Balaban J connectivity index is 0.